The van der Waals surface area contributed by atoms with Crippen LogP contribution in [-0.2, 0) is 9.53 Å². The molecule has 136 valence electrons. The summed E-state index contributed by atoms with van der Waals surface area (Å²) in [6.45, 7) is 0.260. The van der Waals surface area contributed by atoms with Gasteiger partial charge in [-0.15, -0.1) is 0 Å². The molecule has 0 radical (unpaired) electrons. The van der Waals surface area contributed by atoms with Crippen molar-refractivity contribution >= 4 is 40.7 Å². The molecular weight excluding hydrogens is 382 g/mol. The van der Waals surface area contributed by atoms with Gasteiger partial charge >= 0.3 is 0 Å². The summed E-state index contributed by atoms with van der Waals surface area (Å²) in [6, 6.07) is 10.9. The van der Waals surface area contributed by atoms with Crippen molar-refractivity contribution in [1.29, 1.82) is 0 Å². The van der Waals surface area contributed by atoms with Gasteiger partial charge in [0, 0.05) is 17.3 Å². The number of rotatable bonds is 4. The molecule has 8 heteroatoms. The molecule has 1 heterocycles. The lowest BCUT2D eigenvalue weighted by Gasteiger charge is -2.33. The number of hydrogen-bond acceptors (Lipinski definition) is 3. The third-order valence-electron chi connectivity index (χ3n) is 3.95. The first-order valence-electron chi connectivity index (χ1n) is 7.85. The second kappa shape index (κ2) is 8.03. The zero-order valence-corrected chi connectivity index (χ0v) is 15.1. The summed E-state index contributed by atoms with van der Waals surface area (Å²) in [7, 11) is 0. The van der Waals surface area contributed by atoms with E-state index < -0.39 is 17.8 Å². The number of carbonyl (C=O) groups is 2. The normalized spacial score (nSPS) is 17.3. The molecule has 1 N–H and O–H groups in total. The average Bonchev–Trinajstić information content (AvgIpc) is 2.62. The minimum Gasteiger partial charge on any atom is -0.365 e. The third kappa shape index (κ3) is 4.15. The number of carbonyl (C=O) groups excluding carboxylic acids is 2. The second-order valence-electron chi connectivity index (χ2n) is 5.72. The van der Waals surface area contributed by atoms with Gasteiger partial charge < -0.3 is 15.0 Å². The van der Waals surface area contributed by atoms with Gasteiger partial charge in [0.05, 0.1) is 23.2 Å². The maximum Gasteiger partial charge on any atom is 0.255 e. The van der Waals surface area contributed by atoms with E-state index in [9.17, 15) is 14.0 Å². The fourth-order valence-corrected chi connectivity index (χ4v) is 3.00. The number of halogens is 3. The van der Waals surface area contributed by atoms with Crippen molar-refractivity contribution in [2.45, 2.75) is 6.10 Å². The van der Waals surface area contributed by atoms with Gasteiger partial charge in [0.15, 0.2) is 0 Å². The molecule has 0 aromatic heterocycles. The number of amides is 2. The Labute approximate surface area is 159 Å². The fourth-order valence-electron chi connectivity index (χ4n) is 2.63. The second-order valence-corrected chi connectivity index (χ2v) is 6.56. The van der Waals surface area contributed by atoms with E-state index in [4.69, 9.17) is 27.9 Å². The molecule has 0 aliphatic carbocycles. The molecule has 1 fully saturated rings. The van der Waals surface area contributed by atoms with Gasteiger partial charge in [0.25, 0.3) is 11.8 Å². The summed E-state index contributed by atoms with van der Waals surface area (Å²) in [6.07, 6.45) is -0.433. The summed E-state index contributed by atoms with van der Waals surface area (Å²) in [5.41, 5.74) is 0.479. The quantitative estimate of drug-likeness (QED) is 0.862. The van der Waals surface area contributed by atoms with Crippen LogP contribution in [0.15, 0.2) is 42.5 Å². The van der Waals surface area contributed by atoms with E-state index >= 15 is 0 Å². The summed E-state index contributed by atoms with van der Waals surface area (Å²) in [5, 5.41) is 3.20. The lowest BCUT2D eigenvalue weighted by Crippen LogP contribution is -2.50. The van der Waals surface area contributed by atoms with Crippen LogP contribution in [0.1, 0.15) is 10.4 Å². The van der Waals surface area contributed by atoms with Gasteiger partial charge in [0.2, 0.25) is 0 Å². The largest absolute Gasteiger partial charge is 0.365 e. The molecule has 2 aromatic carbocycles. The molecule has 26 heavy (non-hydrogen) atoms. The van der Waals surface area contributed by atoms with Gasteiger partial charge in [-0.2, -0.15) is 0 Å². The Hall–Kier alpha value is -2.15. The first kappa shape index (κ1) is 18.6. The highest BCUT2D eigenvalue weighted by atomic mass is 35.5. The maximum absolute atomic E-state index is 13.8. The molecule has 3 rings (SSSR count). The first-order chi connectivity index (χ1) is 12.5. The minimum atomic E-state index is -0.697. The van der Waals surface area contributed by atoms with Gasteiger partial charge in [0.1, 0.15) is 12.4 Å². The predicted octanol–water partition coefficient (Wildman–Crippen LogP) is 3.29. The molecule has 0 saturated carbocycles. The maximum atomic E-state index is 13.8. The van der Waals surface area contributed by atoms with Crippen LogP contribution < -0.4 is 10.2 Å². The number of nitrogens with one attached hydrogen (secondary N) is 1. The van der Waals surface area contributed by atoms with Gasteiger partial charge in [-0.25, -0.2) is 4.39 Å². The number of hydrogen-bond donors (Lipinski definition) is 1. The lowest BCUT2D eigenvalue weighted by atomic mass is 10.2. The standard InChI is InChI=1S/C18H15Cl2FN2O3/c19-11-4-6-12(7-5-11)23-9-13(26-10-16(23)24)8-22-18(25)17-14(20)2-1-3-15(17)21/h1-7,13H,8-10H2,(H,22,25). The van der Waals surface area contributed by atoms with Gasteiger partial charge in [-0.3, -0.25) is 9.59 Å². The third-order valence-corrected chi connectivity index (χ3v) is 4.52. The zero-order chi connectivity index (χ0) is 18.7. The van der Waals surface area contributed by atoms with E-state index in [0.29, 0.717) is 10.7 Å². The molecular formula is C18H15Cl2FN2O3. The minimum absolute atomic E-state index is 0.0324. The molecule has 5 nitrogen and oxygen atoms in total. The van der Waals surface area contributed by atoms with Gasteiger partial charge in [-0.1, -0.05) is 29.3 Å². The Morgan fingerprint density at radius 3 is 2.65 bits per heavy atom. The first-order valence-corrected chi connectivity index (χ1v) is 8.61. The molecule has 1 atom stereocenters. The predicted molar refractivity (Wildman–Crippen MR) is 97.3 cm³/mol. The van der Waals surface area contributed by atoms with E-state index in [0.717, 1.165) is 0 Å². The number of anilines is 1. The number of benzene rings is 2. The number of nitrogens with zero attached hydrogens (tertiary/aromatic N) is 1. The topological polar surface area (TPSA) is 58.6 Å². The average molecular weight is 397 g/mol. The van der Waals surface area contributed by atoms with Crippen LogP contribution >= 0.6 is 23.2 Å². The summed E-state index contributed by atoms with van der Waals surface area (Å²) in [5.74, 6) is -1.52. The monoisotopic (exact) mass is 396 g/mol. The SMILES string of the molecule is O=C(NCC1CN(c2ccc(Cl)cc2)C(=O)CO1)c1c(F)cccc1Cl. The van der Waals surface area contributed by atoms with Crippen molar-refractivity contribution in [1.82, 2.24) is 5.32 Å². The van der Waals surface area contributed by atoms with E-state index in [-0.39, 0.29) is 36.2 Å². The highest BCUT2D eigenvalue weighted by Gasteiger charge is 2.28. The number of ether oxygens (including phenoxy) is 1. The summed E-state index contributed by atoms with van der Waals surface area (Å²) < 4.78 is 19.2. The van der Waals surface area contributed by atoms with Crippen molar-refractivity contribution in [3.05, 3.63) is 63.9 Å². The molecule has 2 amide bonds. The lowest BCUT2D eigenvalue weighted by molar-refractivity contribution is -0.129. The van der Waals surface area contributed by atoms with Crippen molar-refractivity contribution in [2.24, 2.45) is 0 Å². The van der Waals surface area contributed by atoms with Crippen LogP contribution in [0.4, 0.5) is 10.1 Å². The highest BCUT2D eigenvalue weighted by molar-refractivity contribution is 6.33. The molecule has 0 bridgehead atoms. The van der Waals surface area contributed by atoms with E-state index in [1.54, 1.807) is 29.2 Å². The summed E-state index contributed by atoms with van der Waals surface area (Å²) in [4.78, 5) is 25.8. The molecule has 1 aliphatic heterocycles. The zero-order valence-electron chi connectivity index (χ0n) is 13.5. The van der Waals surface area contributed by atoms with Crippen LogP contribution in [0.25, 0.3) is 0 Å². The Bertz CT molecular complexity index is 809. The van der Waals surface area contributed by atoms with E-state index in [2.05, 4.69) is 5.32 Å². The molecule has 0 spiro atoms. The van der Waals surface area contributed by atoms with E-state index in [1.807, 2.05) is 0 Å². The van der Waals surface area contributed by atoms with Crippen molar-refractivity contribution in [2.75, 3.05) is 24.6 Å². The van der Waals surface area contributed by atoms with Crippen molar-refractivity contribution in [3.8, 4) is 0 Å². The van der Waals surface area contributed by atoms with Crippen LogP contribution in [0.2, 0.25) is 10.0 Å². The van der Waals surface area contributed by atoms with Crippen LogP contribution in [0.3, 0.4) is 0 Å². The summed E-state index contributed by atoms with van der Waals surface area (Å²) >= 11 is 11.8. The Morgan fingerprint density at radius 2 is 1.96 bits per heavy atom. The molecule has 1 saturated heterocycles. The van der Waals surface area contributed by atoms with Crippen LogP contribution in [-0.4, -0.2) is 37.6 Å². The molecule has 1 unspecified atom stereocenters. The van der Waals surface area contributed by atoms with E-state index in [1.165, 1.54) is 18.2 Å². The molecule has 1 aliphatic rings. The Kier molecular flexibility index (Phi) is 5.76. The fraction of sp³-hybridized carbons (Fsp3) is 0.222. The molecule has 2 aromatic rings. The van der Waals surface area contributed by atoms with Gasteiger partial charge in [-0.05, 0) is 36.4 Å². The number of morpholine rings is 1. The van der Waals surface area contributed by atoms with Crippen LogP contribution in [0.5, 0.6) is 0 Å². The Balaban J connectivity index is 1.64. The van der Waals surface area contributed by atoms with Crippen molar-refractivity contribution in [3.63, 3.8) is 0 Å². The van der Waals surface area contributed by atoms with Crippen molar-refractivity contribution < 1.29 is 18.7 Å². The van der Waals surface area contributed by atoms with Crippen LogP contribution in [0, 0.1) is 5.82 Å². The highest BCUT2D eigenvalue weighted by Crippen LogP contribution is 2.22. The Morgan fingerprint density at radius 1 is 1.23 bits per heavy atom. The smallest absolute Gasteiger partial charge is 0.255 e.